The maximum absolute atomic E-state index is 14.7. The molecule has 1 unspecified atom stereocenters. The van der Waals surface area contributed by atoms with Crippen LogP contribution in [0.1, 0.15) is 32.3 Å². The molecule has 0 radical (unpaired) electrons. The predicted molar refractivity (Wildman–Crippen MR) is 149 cm³/mol. The van der Waals surface area contributed by atoms with Crippen LogP contribution in [0, 0.1) is 47.7 Å². The summed E-state index contributed by atoms with van der Waals surface area (Å²) in [6, 6.07) is 13.1. The third-order valence-corrected chi connectivity index (χ3v) is 6.84. The van der Waals surface area contributed by atoms with Gasteiger partial charge in [-0.05, 0) is 74.6 Å². The molecule has 0 saturated carbocycles. The molecule has 4 aromatic rings. The lowest BCUT2D eigenvalue weighted by Gasteiger charge is -2.14. The number of halogens is 6. The normalized spacial score (nSPS) is 11.8. The second-order valence-corrected chi connectivity index (χ2v) is 9.89. The van der Waals surface area contributed by atoms with Gasteiger partial charge < -0.3 is 14.2 Å². The van der Waals surface area contributed by atoms with Crippen molar-refractivity contribution in [3.05, 3.63) is 101 Å². The van der Waals surface area contributed by atoms with E-state index in [0.717, 1.165) is 12.1 Å². The summed E-state index contributed by atoms with van der Waals surface area (Å²) in [5.74, 6) is -5.58. The van der Waals surface area contributed by atoms with Crippen molar-refractivity contribution in [1.29, 1.82) is 0 Å². The van der Waals surface area contributed by atoms with Gasteiger partial charge in [0.25, 0.3) is 0 Å². The highest BCUT2D eigenvalue weighted by atomic mass is 19.2. The van der Waals surface area contributed by atoms with Crippen molar-refractivity contribution in [1.82, 2.24) is 0 Å². The third kappa shape index (κ3) is 7.01. The zero-order valence-electron chi connectivity index (χ0n) is 23.4. The number of rotatable bonds is 12. The Morgan fingerprint density at radius 2 is 1.05 bits per heavy atom. The van der Waals surface area contributed by atoms with E-state index < -0.39 is 34.9 Å². The summed E-state index contributed by atoms with van der Waals surface area (Å²) in [7, 11) is 0. The Labute approximate surface area is 240 Å². The molecule has 1 atom stereocenters. The van der Waals surface area contributed by atoms with Gasteiger partial charge >= 0.3 is 0 Å². The minimum Gasteiger partial charge on any atom is -0.493 e. The quantitative estimate of drug-likeness (QED) is 0.154. The first kappa shape index (κ1) is 30.8. The Morgan fingerprint density at radius 3 is 1.55 bits per heavy atom. The summed E-state index contributed by atoms with van der Waals surface area (Å²) in [6.45, 7) is 5.76. The lowest BCUT2D eigenvalue weighted by atomic mass is 10.0. The molecule has 0 amide bonds. The summed E-state index contributed by atoms with van der Waals surface area (Å²) < 4.78 is 103. The molecule has 9 heteroatoms. The number of ether oxygens (including phenoxy) is 3. The van der Waals surface area contributed by atoms with Crippen molar-refractivity contribution < 1.29 is 40.6 Å². The molecule has 4 rings (SSSR count). The molecule has 0 aliphatic rings. The first-order valence-corrected chi connectivity index (χ1v) is 13.5. The molecule has 0 aliphatic carbocycles. The van der Waals surface area contributed by atoms with E-state index in [2.05, 4.69) is 0 Å². The second-order valence-electron chi connectivity index (χ2n) is 9.89. The van der Waals surface area contributed by atoms with Gasteiger partial charge in [0.05, 0.1) is 19.8 Å². The topological polar surface area (TPSA) is 27.7 Å². The molecular formula is C33H30F6O3. The molecule has 0 saturated heterocycles. The molecule has 0 spiro atoms. The van der Waals surface area contributed by atoms with Crippen LogP contribution in [-0.4, -0.2) is 19.8 Å². The second kappa shape index (κ2) is 13.7. The zero-order valence-corrected chi connectivity index (χ0v) is 23.4. The van der Waals surface area contributed by atoms with Gasteiger partial charge in [0, 0.05) is 34.4 Å². The fourth-order valence-corrected chi connectivity index (χ4v) is 4.37. The van der Waals surface area contributed by atoms with Crippen molar-refractivity contribution in [3.63, 3.8) is 0 Å². The molecule has 222 valence electrons. The Bertz CT molecular complexity index is 1560. The van der Waals surface area contributed by atoms with Crippen LogP contribution in [0.25, 0.3) is 22.3 Å². The van der Waals surface area contributed by atoms with Gasteiger partial charge in [0.2, 0.25) is 5.82 Å². The van der Waals surface area contributed by atoms with Crippen LogP contribution < -0.4 is 14.2 Å². The minimum atomic E-state index is -1.20. The Kier molecular flexibility index (Phi) is 10.0. The third-order valence-electron chi connectivity index (χ3n) is 6.84. The van der Waals surface area contributed by atoms with E-state index in [1.807, 2.05) is 6.92 Å². The van der Waals surface area contributed by atoms with E-state index >= 15 is 0 Å². The molecule has 0 bridgehead atoms. The van der Waals surface area contributed by atoms with E-state index in [0.29, 0.717) is 12.8 Å². The van der Waals surface area contributed by atoms with E-state index in [-0.39, 0.29) is 70.8 Å². The molecular weight excluding hydrogens is 558 g/mol. The SMILES string of the molecule is CCOc1ccc(-c2ccc(OCCC(C)CCOc3ccc(-c4ccc(C)c(F)c4F)c(F)c3)cc2F)c(F)c1F. The minimum absolute atomic E-state index is 0.0643. The van der Waals surface area contributed by atoms with Crippen LogP contribution in [0.3, 0.4) is 0 Å². The van der Waals surface area contributed by atoms with E-state index in [1.165, 1.54) is 55.5 Å². The highest BCUT2D eigenvalue weighted by molar-refractivity contribution is 5.67. The fraction of sp³-hybridized carbons (Fsp3) is 0.273. The van der Waals surface area contributed by atoms with Crippen molar-refractivity contribution in [2.45, 2.75) is 33.6 Å². The number of benzene rings is 4. The van der Waals surface area contributed by atoms with Gasteiger partial charge in [-0.3, -0.25) is 0 Å². The van der Waals surface area contributed by atoms with Crippen LogP contribution in [0.5, 0.6) is 17.2 Å². The van der Waals surface area contributed by atoms with E-state index in [9.17, 15) is 26.3 Å². The summed E-state index contributed by atoms with van der Waals surface area (Å²) in [5.41, 5.74) is -0.420. The van der Waals surface area contributed by atoms with Gasteiger partial charge in [0.1, 0.15) is 23.1 Å². The van der Waals surface area contributed by atoms with Crippen molar-refractivity contribution in [2.24, 2.45) is 5.92 Å². The first-order valence-electron chi connectivity index (χ1n) is 13.5. The van der Waals surface area contributed by atoms with Crippen LogP contribution in [0.2, 0.25) is 0 Å². The zero-order chi connectivity index (χ0) is 30.4. The monoisotopic (exact) mass is 588 g/mol. The number of hydrogen-bond acceptors (Lipinski definition) is 3. The highest BCUT2D eigenvalue weighted by Crippen LogP contribution is 2.33. The number of aryl methyl sites for hydroxylation is 1. The largest absolute Gasteiger partial charge is 0.493 e. The number of hydrogen-bond donors (Lipinski definition) is 0. The van der Waals surface area contributed by atoms with Crippen LogP contribution in [0.4, 0.5) is 26.3 Å². The Morgan fingerprint density at radius 1 is 0.571 bits per heavy atom. The Hall–Kier alpha value is -4.14. The molecule has 0 aromatic heterocycles. The van der Waals surface area contributed by atoms with E-state index in [4.69, 9.17) is 14.2 Å². The van der Waals surface area contributed by atoms with E-state index in [1.54, 1.807) is 6.92 Å². The van der Waals surface area contributed by atoms with Crippen LogP contribution in [-0.2, 0) is 0 Å². The summed E-state index contributed by atoms with van der Waals surface area (Å²) in [4.78, 5) is 0. The predicted octanol–water partition coefficient (Wildman–Crippen LogP) is 9.44. The van der Waals surface area contributed by atoms with Crippen molar-refractivity contribution in [3.8, 4) is 39.5 Å². The van der Waals surface area contributed by atoms with Gasteiger partial charge in [-0.1, -0.05) is 19.1 Å². The maximum atomic E-state index is 14.7. The van der Waals surface area contributed by atoms with Gasteiger partial charge in [0.15, 0.2) is 23.2 Å². The average molecular weight is 589 g/mol. The summed E-state index contributed by atoms with van der Waals surface area (Å²) in [5, 5.41) is 0. The summed E-state index contributed by atoms with van der Waals surface area (Å²) in [6.07, 6.45) is 1.22. The van der Waals surface area contributed by atoms with Gasteiger partial charge in [-0.15, -0.1) is 0 Å². The maximum Gasteiger partial charge on any atom is 0.201 e. The molecule has 42 heavy (non-hydrogen) atoms. The molecule has 4 aromatic carbocycles. The first-order chi connectivity index (χ1) is 20.1. The summed E-state index contributed by atoms with van der Waals surface area (Å²) >= 11 is 0. The molecule has 3 nitrogen and oxygen atoms in total. The fourth-order valence-electron chi connectivity index (χ4n) is 4.37. The standard InChI is InChI=1S/C33H30F6O3/c1-4-40-29-12-11-26(32(38)33(29)39)24-10-7-22(18-28(24)35)42-16-14-19(2)13-15-41-21-6-9-23(27(34)17-21)25-8-5-20(3)30(36)31(25)37/h5-12,17-19H,4,13-16H2,1-3H3. The molecule has 0 heterocycles. The van der Waals surface area contributed by atoms with Crippen LogP contribution >= 0.6 is 0 Å². The molecule has 0 fully saturated rings. The van der Waals surface area contributed by atoms with Crippen LogP contribution in [0.15, 0.2) is 60.7 Å². The highest BCUT2D eigenvalue weighted by Gasteiger charge is 2.19. The molecule has 0 aliphatic heterocycles. The van der Waals surface area contributed by atoms with Crippen molar-refractivity contribution in [2.75, 3.05) is 19.8 Å². The van der Waals surface area contributed by atoms with Gasteiger partial charge in [-0.2, -0.15) is 4.39 Å². The Balaban J connectivity index is 1.26. The van der Waals surface area contributed by atoms with Crippen molar-refractivity contribution >= 4 is 0 Å². The average Bonchev–Trinajstić information content (AvgIpc) is 2.96. The van der Waals surface area contributed by atoms with Gasteiger partial charge in [-0.25, -0.2) is 22.0 Å². The lowest BCUT2D eigenvalue weighted by molar-refractivity contribution is 0.244. The smallest absolute Gasteiger partial charge is 0.201 e. The lowest BCUT2D eigenvalue weighted by Crippen LogP contribution is -2.09. The molecule has 0 N–H and O–H groups in total.